The fourth-order valence-corrected chi connectivity index (χ4v) is 2.53. The van der Waals surface area contributed by atoms with Crippen LogP contribution in [-0.2, 0) is 13.1 Å². The lowest BCUT2D eigenvalue weighted by Gasteiger charge is -2.13. The van der Waals surface area contributed by atoms with Gasteiger partial charge in [-0.25, -0.2) is 4.79 Å². The minimum atomic E-state index is -0.233. The molecule has 2 amide bonds. The molecule has 0 atom stereocenters. The van der Waals surface area contributed by atoms with Crippen LogP contribution in [-0.4, -0.2) is 13.1 Å². The quantitative estimate of drug-likeness (QED) is 0.884. The van der Waals surface area contributed by atoms with Crippen LogP contribution in [0.4, 0.5) is 4.79 Å². The van der Waals surface area contributed by atoms with Crippen LogP contribution in [0, 0.1) is 6.92 Å². The maximum atomic E-state index is 11.9. The van der Waals surface area contributed by atoms with E-state index >= 15 is 0 Å². The van der Waals surface area contributed by atoms with Gasteiger partial charge >= 0.3 is 6.03 Å². The molecule has 0 unspecified atom stereocenters. The molecule has 0 heterocycles. The molecule has 0 fully saturated rings. The highest BCUT2D eigenvalue weighted by molar-refractivity contribution is 6.30. The van der Waals surface area contributed by atoms with Crippen molar-refractivity contribution in [1.82, 2.24) is 10.6 Å². The monoisotopic (exact) mass is 318 g/mol. The molecule has 2 N–H and O–H groups in total. The highest BCUT2D eigenvalue weighted by Crippen LogP contribution is 2.27. The highest BCUT2D eigenvalue weighted by atomic mass is 35.5. The summed E-state index contributed by atoms with van der Waals surface area (Å²) in [6.45, 7) is 2.76. The molecule has 0 spiro atoms. The summed E-state index contributed by atoms with van der Waals surface area (Å²) in [7, 11) is 1.61. The first-order chi connectivity index (χ1) is 10.6. The number of carbonyl (C=O) groups is 1. The topological polar surface area (TPSA) is 50.4 Å². The van der Waals surface area contributed by atoms with Gasteiger partial charge in [0.2, 0.25) is 0 Å². The summed E-state index contributed by atoms with van der Waals surface area (Å²) < 4.78 is 5.36. The molecule has 116 valence electrons. The van der Waals surface area contributed by atoms with Crippen LogP contribution in [0.15, 0.2) is 42.5 Å². The van der Waals surface area contributed by atoms with E-state index in [-0.39, 0.29) is 6.03 Å². The fourth-order valence-electron chi connectivity index (χ4n) is 2.24. The predicted molar refractivity (Wildman–Crippen MR) is 88.3 cm³/mol. The SMILES string of the molecule is COc1c(C)cc(Cl)cc1CNC(=O)NCc1ccccc1. The van der Waals surface area contributed by atoms with Crippen LogP contribution in [0.3, 0.4) is 0 Å². The third kappa shape index (κ3) is 4.40. The number of hydrogen-bond donors (Lipinski definition) is 2. The molecular weight excluding hydrogens is 300 g/mol. The average molecular weight is 319 g/mol. The number of hydrogen-bond acceptors (Lipinski definition) is 2. The van der Waals surface area contributed by atoms with Gasteiger partial charge in [0.15, 0.2) is 0 Å². The Hall–Kier alpha value is -2.20. The van der Waals surface area contributed by atoms with Gasteiger partial charge in [0.1, 0.15) is 5.75 Å². The van der Waals surface area contributed by atoms with Crippen molar-refractivity contribution in [3.8, 4) is 5.75 Å². The fraction of sp³-hybridized carbons (Fsp3) is 0.235. The summed E-state index contributed by atoms with van der Waals surface area (Å²) >= 11 is 6.05. The van der Waals surface area contributed by atoms with Crippen molar-refractivity contribution in [1.29, 1.82) is 0 Å². The van der Waals surface area contributed by atoms with E-state index in [2.05, 4.69) is 10.6 Å². The third-order valence-electron chi connectivity index (χ3n) is 3.26. The van der Waals surface area contributed by atoms with E-state index in [1.54, 1.807) is 13.2 Å². The number of amides is 2. The Bertz CT molecular complexity index is 645. The number of benzene rings is 2. The van der Waals surface area contributed by atoms with Gasteiger partial charge in [0.25, 0.3) is 0 Å². The van der Waals surface area contributed by atoms with Gasteiger partial charge in [-0.15, -0.1) is 0 Å². The van der Waals surface area contributed by atoms with E-state index in [1.807, 2.05) is 43.3 Å². The van der Waals surface area contributed by atoms with Crippen LogP contribution in [0.25, 0.3) is 0 Å². The molecule has 2 aromatic carbocycles. The zero-order valence-electron chi connectivity index (χ0n) is 12.7. The predicted octanol–water partition coefficient (Wildman–Crippen LogP) is 3.66. The van der Waals surface area contributed by atoms with Crippen LogP contribution >= 0.6 is 11.6 Å². The number of urea groups is 1. The Morgan fingerprint density at radius 1 is 1.14 bits per heavy atom. The molecule has 0 radical (unpaired) electrons. The van der Waals surface area contributed by atoms with E-state index in [4.69, 9.17) is 16.3 Å². The van der Waals surface area contributed by atoms with Crippen molar-refractivity contribution in [2.75, 3.05) is 7.11 Å². The van der Waals surface area contributed by atoms with Gasteiger partial charge in [-0.2, -0.15) is 0 Å². The second-order valence-corrected chi connectivity index (χ2v) is 5.37. The lowest BCUT2D eigenvalue weighted by molar-refractivity contribution is 0.240. The zero-order chi connectivity index (χ0) is 15.9. The van der Waals surface area contributed by atoms with Gasteiger partial charge in [0.05, 0.1) is 7.11 Å². The molecule has 0 aromatic heterocycles. The smallest absolute Gasteiger partial charge is 0.315 e. The first-order valence-corrected chi connectivity index (χ1v) is 7.36. The largest absolute Gasteiger partial charge is 0.496 e. The Labute approximate surface area is 135 Å². The molecule has 4 nitrogen and oxygen atoms in total. The molecule has 22 heavy (non-hydrogen) atoms. The van der Waals surface area contributed by atoms with Crippen LogP contribution in [0.5, 0.6) is 5.75 Å². The van der Waals surface area contributed by atoms with Crippen molar-refractivity contribution >= 4 is 17.6 Å². The number of carbonyl (C=O) groups excluding carboxylic acids is 1. The minimum Gasteiger partial charge on any atom is -0.496 e. The first kappa shape index (κ1) is 16.2. The van der Waals surface area contributed by atoms with Crippen molar-refractivity contribution in [3.63, 3.8) is 0 Å². The van der Waals surface area contributed by atoms with E-state index in [0.717, 1.165) is 22.4 Å². The molecule has 0 aliphatic carbocycles. The first-order valence-electron chi connectivity index (χ1n) is 6.99. The third-order valence-corrected chi connectivity index (χ3v) is 3.47. The lowest BCUT2D eigenvalue weighted by atomic mass is 10.1. The number of rotatable bonds is 5. The molecule has 0 saturated carbocycles. The van der Waals surface area contributed by atoms with Crippen molar-refractivity contribution in [3.05, 3.63) is 64.2 Å². The summed E-state index contributed by atoms with van der Waals surface area (Å²) in [4.78, 5) is 11.9. The summed E-state index contributed by atoms with van der Waals surface area (Å²) in [5.74, 6) is 0.743. The molecule has 2 aromatic rings. The summed E-state index contributed by atoms with van der Waals surface area (Å²) in [6.07, 6.45) is 0. The Morgan fingerprint density at radius 3 is 2.50 bits per heavy atom. The van der Waals surface area contributed by atoms with Gasteiger partial charge in [0, 0.05) is 23.7 Å². The van der Waals surface area contributed by atoms with E-state index in [1.165, 1.54) is 0 Å². The summed E-state index contributed by atoms with van der Waals surface area (Å²) in [5.41, 5.74) is 2.84. The van der Waals surface area contributed by atoms with Crippen molar-refractivity contribution in [2.45, 2.75) is 20.0 Å². The number of ether oxygens (including phenoxy) is 1. The maximum Gasteiger partial charge on any atom is 0.315 e. The van der Waals surface area contributed by atoms with E-state index in [9.17, 15) is 4.79 Å². The van der Waals surface area contributed by atoms with Crippen molar-refractivity contribution in [2.24, 2.45) is 0 Å². The molecule has 0 aliphatic heterocycles. The Morgan fingerprint density at radius 2 is 1.82 bits per heavy atom. The van der Waals surface area contributed by atoms with Gasteiger partial charge in [-0.05, 0) is 30.2 Å². The molecule has 0 saturated heterocycles. The number of halogens is 1. The summed E-state index contributed by atoms with van der Waals surface area (Å²) in [6, 6.07) is 13.1. The number of aryl methyl sites for hydroxylation is 1. The Kier molecular flexibility index (Phi) is 5.67. The molecular formula is C17H19ClN2O2. The van der Waals surface area contributed by atoms with Crippen molar-refractivity contribution < 1.29 is 9.53 Å². The molecule has 0 bridgehead atoms. The standard InChI is InChI=1S/C17H19ClN2O2/c1-12-8-15(18)9-14(16(12)22-2)11-20-17(21)19-10-13-6-4-3-5-7-13/h3-9H,10-11H2,1-2H3,(H2,19,20,21). The zero-order valence-corrected chi connectivity index (χ0v) is 13.4. The second kappa shape index (κ2) is 7.71. The van der Waals surface area contributed by atoms with E-state index < -0.39 is 0 Å². The number of methoxy groups -OCH3 is 1. The minimum absolute atomic E-state index is 0.233. The van der Waals surface area contributed by atoms with E-state index in [0.29, 0.717) is 18.1 Å². The highest BCUT2D eigenvalue weighted by Gasteiger charge is 2.09. The van der Waals surface area contributed by atoms with Gasteiger partial charge in [-0.3, -0.25) is 0 Å². The molecule has 5 heteroatoms. The second-order valence-electron chi connectivity index (χ2n) is 4.94. The number of nitrogens with one attached hydrogen (secondary N) is 2. The van der Waals surface area contributed by atoms with Gasteiger partial charge in [-0.1, -0.05) is 41.9 Å². The molecule has 0 aliphatic rings. The lowest BCUT2D eigenvalue weighted by Crippen LogP contribution is -2.34. The Balaban J connectivity index is 1.91. The maximum absolute atomic E-state index is 11.9. The van der Waals surface area contributed by atoms with Crippen LogP contribution in [0.1, 0.15) is 16.7 Å². The van der Waals surface area contributed by atoms with Gasteiger partial charge < -0.3 is 15.4 Å². The summed E-state index contributed by atoms with van der Waals surface area (Å²) in [5, 5.41) is 6.25. The molecule has 2 rings (SSSR count). The average Bonchev–Trinajstić information content (AvgIpc) is 2.51. The van der Waals surface area contributed by atoms with Crippen LogP contribution in [0.2, 0.25) is 5.02 Å². The normalized spacial score (nSPS) is 10.1. The van der Waals surface area contributed by atoms with Crippen LogP contribution < -0.4 is 15.4 Å².